The van der Waals surface area contributed by atoms with E-state index in [0.29, 0.717) is 5.92 Å². The summed E-state index contributed by atoms with van der Waals surface area (Å²) in [5, 5.41) is 8.91. The highest BCUT2D eigenvalue weighted by Gasteiger charge is 1.99. The maximum atomic E-state index is 8.91. The van der Waals surface area contributed by atoms with Crippen LogP contribution in [-0.2, 0) is 0 Å². The van der Waals surface area contributed by atoms with Crippen molar-refractivity contribution in [2.24, 2.45) is 5.92 Å². The van der Waals surface area contributed by atoms with Crippen molar-refractivity contribution in [3.05, 3.63) is 12.7 Å². The zero-order valence-corrected chi connectivity index (χ0v) is 5.59. The first-order chi connectivity index (χ1) is 3.66. The van der Waals surface area contributed by atoms with Gasteiger partial charge in [0.2, 0.25) is 0 Å². The highest BCUT2D eigenvalue weighted by Crippen LogP contribution is 2.03. The van der Waals surface area contributed by atoms with E-state index in [1.807, 2.05) is 0 Å². The number of aliphatic hydroxyl groups excluding tert-OH is 1. The van der Waals surface area contributed by atoms with Gasteiger partial charge in [0.05, 0.1) is 6.10 Å². The Balaban J connectivity index is 3.23. The molecule has 48 valence electrons. The van der Waals surface area contributed by atoms with E-state index in [1.54, 1.807) is 6.08 Å². The highest BCUT2D eigenvalue weighted by molar-refractivity contribution is 4.78. The molecule has 0 aromatic carbocycles. The number of hydrogen-bond acceptors (Lipinski definition) is 1. The van der Waals surface area contributed by atoms with Gasteiger partial charge in [0, 0.05) is 0 Å². The molecular weight excluding hydrogens is 100 g/mol. The smallest absolute Gasteiger partial charge is 0.0720 e. The molecule has 0 heterocycles. The second kappa shape index (κ2) is 3.67. The summed E-state index contributed by atoms with van der Waals surface area (Å²) in [6.45, 7) is 7.62. The van der Waals surface area contributed by atoms with E-state index in [9.17, 15) is 0 Å². The van der Waals surface area contributed by atoms with Gasteiger partial charge in [-0.3, -0.25) is 0 Å². The molecule has 0 spiro atoms. The Morgan fingerprint density at radius 3 is 2.25 bits per heavy atom. The molecule has 1 N–H and O–H groups in total. The minimum Gasteiger partial charge on any atom is -0.389 e. The fourth-order valence-corrected chi connectivity index (χ4v) is 0.579. The quantitative estimate of drug-likeness (QED) is 0.552. The lowest BCUT2D eigenvalue weighted by molar-refractivity contribution is 0.195. The fourth-order valence-electron chi connectivity index (χ4n) is 0.579. The minimum absolute atomic E-state index is 0.310. The van der Waals surface area contributed by atoms with Crippen LogP contribution in [0.3, 0.4) is 0 Å². The lowest BCUT2D eigenvalue weighted by Crippen LogP contribution is -2.04. The van der Waals surface area contributed by atoms with Crippen LogP contribution < -0.4 is 0 Å². The van der Waals surface area contributed by atoms with Crippen molar-refractivity contribution >= 4 is 0 Å². The summed E-state index contributed by atoms with van der Waals surface area (Å²) in [5.41, 5.74) is 0. The van der Waals surface area contributed by atoms with Gasteiger partial charge < -0.3 is 5.11 Å². The Morgan fingerprint density at radius 1 is 1.62 bits per heavy atom. The van der Waals surface area contributed by atoms with Gasteiger partial charge in [-0.1, -0.05) is 19.9 Å². The molecule has 0 amide bonds. The van der Waals surface area contributed by atoms with Crippen molar-refractivity contribution < 1.29 is 5.11 Å². The number of rotatable bonds is 3. The largest absolute Gasteiger partial charge is 0.389 e. The molecule has 0 saturated carbocycles. The minimum atomic E-state index is -0.310. The first-order valence-electron chi connectivity index (χ1n) is 2.97. The van der Waals surface area contributed by atoms with Crippen LogP contribution in [0.1, 0.15) is 20.3 Å². The molecule has 1 atom stereocenters. The van der Waals surface area contributed by atoms with Crippen LogP contribution in [0.2, 0.25) is 0 Å². The predicted molar refractivity (Wildman–Crippen MR) is 35.7 cm³/mol. The maximum Gasteiger partial charge on any atom is 0.0720 e. The molecule has 0 fully saturated rings. The highest BCUT2D eigenvalue weighted by atomic mass is 16.3. The van der Waals surface area contributed by atoms with Crippen molar-refractivity contribution in [2.45, 2.75) is 26.4 Å². The average Bonchev–Trinajstić information content (AvgIpc) is 1.65. The molecule has 0 saturated heterocycles. The second-order valence-corrected chi connectivity index (χ2v) is 2.43. The molecular formula is C7H14O. The average molecular weight is 114 g/mol. The van der Waals surface area contributed by atoms with E-state index >= 15 is 0 Å². The first-order valence-corrected chi connectivity index (χ1v) is 2.97. The van der Waals surface area contributed by atoms with E-state index in [1.165, 1.54) is 0 Å². The Bertz CT molecular complexity index is 66.8. The molecule has 1 nitrogen and oxygen atoms in total. The lowest BCUT2D eigenvalue weighted by Gasteiger charge is -2.06. The molecule has 0 rings (SSSR count). The van der Waals surface area contributed by atoms with Gasteiger partial charge in [-0.25, -0.2) is 0 Å². The van der Waals surface area contributed by atoms with E-state index in [0.717, 1.165) is 6.42 Å². The third-order valence-electron chi connectivity index (χ3n) is 0.985. The molecule has 0 aliphatic carbocycles. The molecule has 8 heavy (non-hydrogen) atoms. The van der Waals surface area contributed by atoms with Crippen LogP contribution >= 0.6 is 0 Å². The van der Waals surface area contributed by atoms with Gasteiger partial charge in [-0.15, -0.1) is 6.58 Å². The first kappa shape index (κ1) is 7.70. The van der Waals surface area contributed by atoms with E-state index in [4.69, 9.17) is 5.11 Å². The van der Waals surface area contributed by atoms with Gasteiger partial charge in [0.1, 0.15) is 0 Å². The summed E-state index contributed by atoms with van der Waals surface area (Å²) in [4.78, 5) is 0. The summed E-state index contributed by atoms with van der Waals surface area (Å²) >= 11 is 0. The van der Waals surface area contributed by atoms with Gasteiger partial charge in [-0.05, 0) is 12.3 Å². The van der Waals surface area contributed by atoms with Crippen molar-refractivity contribution in [3.63, 3.8) is 0 Å². The monoisotopic (exact) mass is 114 g/mol. The molecule has 0 bridgehead atoms. The Kier molecular flexibility index (Phi) is 3.53. The van der Waals surface area contributed by atoms with Gasteiger partial charge in [0.25, 0.3) is 0 Å². The molecule has 0 aliphatic rings. The predicted octanol–water partition coefficient (Wildman–Crippen LogP) is 1.58. The van der Waals surface area contributed by atoms with Crippen LogP contribution in [0.15, 0.2) is 12.7 Å². The van der Waals surface area contributed by atoms with Crippen molar-refractivity contribution in [1.29, 1.82) is 0 Å². The fraction of sp³-hybridized carbons (Fsp3) is 0.714. The van der Waals surface area contributed by atoms with Crippen molar-refractivity contribution in [2.75, 3.05) is 0 Å². The van der Waals surface area contributed by atoms with Gasteiger partial charge in [-0.2, -0.15) is 0 Å². The van der Waals surface area contributed by atoms with Crippen LogP contribution in [0, 0.1) is 5.92 Å². The van der Waals surface area contributed by atoms with Crippen LogP contribution in [0.25, 0.3) is 0 Å². The summed E-state index contributed by atoms with van der Waals surface area (Å²) < 4.78 is 0. The zero-order chi connectivity index (χ0) is 6.57. The summed E-state index contributed by atoms with van der Waals surface area (Å²) in [6.07, 6.45) is 2.08. The molecule has 0 aromatic rings. The summed E-state index contributed by atoms with van der Waals surface area (Å²) in [5.74, 6) is 0.558. The number of aliphatic hydroxyl groups is 1. The molecule has 1 heteroatoms. The molecule has 0 aliphatic heterocycles. The third-order valence-corrected chi connectivity index (χ3v) is 0.985. The topological polar surface area (TPSA) is 20.2 Å². The molecule has 1 unspecified atom stereocenters. The molecule has 0 radical (unpaired) electrons. The zero-order valence-electron chi connectivity index (χ0n) is 5.59. The Labute approximate surface area is 51.0 Å². The normalized spacial score (nSPS) is 14.0. The Morgan fingerprint density at radius 2 is 2.12 bits per heavy atom. The maximum absolute atomic E-state index is 8.91. The lowest BCUT2D eigenvalue weighted by atomic mass is 10.1. The molecule has 0 aromatic heterocycles. The second-order valence-electron chi connectivity index (χ2n) is 2.43. The van der Waals surface area contributed by atoms with E-state index < -0.39 is 0 Å². The summed E-state index contributed by atoms with van der Waals surface area (Å²) in [6, 6.07) is 0. The SMILES string of the molecule is C=CC(O)CC(C)C. The van der Waals surface area contributed by atoms with Crippen LogP contribution in [-0.4, -0.2) is 11.2 Å². The van der Waals surface area contributed by atoms with Gasteiger partial charge in [0.15, 0.2) is 0 Å². The van der Waals surface area contributed by atoms with Gasteiger partial charge >= 0.3 is 0 Å². The summed E-state index contributed by atoms with van der Waals surface area (Å²) in [7, 11) is 0. The van der Waals surface area contributed by atoms with Crippen molar-refractivity contribution in [1.82, 2.24) is 0 Å². The van der Waals surface area contributed by atoms with Crippen LogP contribution in [0.4, 0.5) is 0 Å². The Hall–Kier alpha value is -0.300. The standard InChI is InChI=1S/C7H14O/c1-4-7(8)5-6(2)3/h4,6-8H,1,5H2,2-3H3. The van der Waals surface area contributed by atoms with Crippen molar-refractivity contribution in [3.8, 4) is 0 Å². The van der Waals surface area contributed by atoms with E-state index in [-0.39, 0.29) is 6.10 Å². The van der Waals surface area contributed by atoms with E-state index in [2.05, 4.69) is 20.4 Å². The van der Waals surface area contributed by atoms with Crippen LogP contribution in [0.5, 0.6) is 0 Å². The third kappa shape index (κ3) is 3.88. The number of hydrogen-bond donors (Lipinski definition) is 1.